The van der Waals surface area contributed by atoms with Gasteiger partial charge < -0.3 is 21.6 Å². The van der Waals surface area contributed by atoms with E-state index < -0.39 is 23.6 Å². The summed E-state index contributed by atoms with van der Waals surface area (Å²) in [5.41, 5.74) is 7.69. The lowest BCUT2D eigenvalue weighted by atomic mass is 9.99. The summed E-state index contributed by atoms with van der Waals surface area (Å²) in [6.45, 7) is -0.247. The molecule has 0 aliphatic rings. The van der Waals surface area contributed by atoms with Crippen LogP contribution in [0.2, 0.25) is 0 Å². The second-order valence-corrected chi connectivity index (χ2v) is 7.23. The van der Waals surface area contributed by atoms with Gasteiger partial charge in [0.05, 0.1) is 18.4 Å². The molecule has 7 heteroatoms. The minimum Gasteiger partial charge on any atom is -0.398 e. The van der Waals surface area contributed by atoms with Crippen LogP contribution in [0.4, 0.5) is 8.78 Å². The number of halogens is 2. The molecule has 0 spiro atoms. The van der Waals surface area contributed by atoms with Crippen molar-refractivity contribution in [3.05, 3.63) is 113 Å². The van der Waals surface area contributed by atoms with Crippen molar-refractivity contribution in [3.8, 4) is 0 Å². The molecule has 5 N–H and O–H groups in total. The van der Waals surface area contributed by atoms with E-state index in [0.717, 1.165) is 17.7 Å². The summed E-state index contributed by atoms with van der Waals surface area (Å²) < 4.78 is 26.7. The molecule has 0 aliphatic heterocycles. The number of hydrogen-bond donors (Lipinski definition) is 4. The van der Waals surface area contributed by atoms with Gasteiger partial charge in [-0.3, -0.25) is 4.79 Å². The zero-order valence-corrected chi connectivity index (χ0v) is 17.2. The van der Waals surface area contributed by atoms with Gasteiger partial charge in [0.25, 0.3) is 5.91 Å². The molecule has 0 bridgehead atoms. The lowest BCUT2D eigenvalue weighted by molar-refractivity contribution is 0.0916. The molecule has 0 saturated heterocycles. The van der Waals surface area contributed by atoms with Crippen LogP contribution in [0, 0.1) is 17.0 Å². The Morgan fingerprint density at radius 2 is 1.66 bits per heavy atom. The van der Waals surface area contributed by atoms with Crippen LogP contribution in [0.5, 0.6) is 0 Å². The molecule has 1 atom stereocenters. The van der Waals surface area contributed by atoms with Crippen LogP contribution in [0.3, 0.4) is 0 Å². The molecule has 0 aliphatic carbocycles. The molecular formula is C25H23F2N3O2. The predicted octanol–water partition coefficient (Wildman–Crippen LogP) is 3.67. The highest BCUT2D eigenvalue weighted by atomic mass is 19.2. The smallest absolute Gasteiger partial charge is 0.252 e. The largest absolute Gasteiger partial charge is 0.398 e. The number of nitrogens with one attached hydrogen (secondary N) is 2. The lowest BCUT2D eigenvalue weighted by Crippen LogP contribution is -2.39. The van der Waals surface area contributed by atoms with Crippen LogP contribution >= 0.6 is 0 Å². The summed E-state index contributed by atoms with van der Waals surface area (Å²) in [6.07, 6.45) is 1.73. The van der Waals surface area contributed by atoms with Crippen LogP contribution in [0.15, 0.2) is 78.9 Å². The zero-order valence-electron chi connectivity index (χ0n) is 17.2. The highest BCUT2D eigenvalue weighted by Gasteiger charge is 2.18. The Morgan fingerprint density at radius 1 is 1.00 bits per heavy atom. The van der Waals surface area contributed by atoms with E-state index in [4.69, 9.17) is 11.1 Å². The molecular weight excluding hydrogens is 412 g/mol. The monoisotopic (exact) mass is 435 g/mol. The first-order valence-electron chi connectivity index (χ1n) is 9.95. The Bertz CT molecular complexity index is 1150. The van der Waals surface area contributed by atoms with Crippen LogP contribution in [-0.4, -0.2) is 29.4 Å². The molecule has 3 rings (SSSR count). The third-order valence-electron chi connectivity index (χ3n) is 4.90. The summed E-state index contributed by atoms with van der Waals surface area (Å²) in [6, 6.07) is 18.7. The number of amides is 1. The average molecular weight is 435 g/mol. The van der Waals surface area contributed by atoms with Gasteiger partial charge in [-0.25, -0.2) is 8.78 Å². The summed E-state index contributed by atoms with van der Waals surface area (Å²) in [5, 5.41) is 20.9. The van der Waals surface area contributed by atoms with Crippen LogP contribution in [0.1, 0.15) is 27.0 Å². The maximum atomic E-state index is 13.5. The van der Waals surface area contributed by atoms with Crippen molar-refractivity contribution < 1.29 is 18.7 Å². The number of carbonyl (C=O) groups is 1. The molecule has 3 aromatic carbocycles. The van der Waals surface area contributed by atoms with Crippen molar-refractivity contribution in [2.45, 2.75) is 12.5 Å². The first kappa shape index (κ1) is 22.8. The number of nitrogens with two attached hydrogens (primary N) is 1. The van der Waals surface area contributed by atoms with Crippen molar-refractivity contribution in [1.82, 2.24) is 5.32 Å². The first-order chi connectivity index (χ1) is 15.4. The van der Waals surface area contributed by atoms with E-state index in [1.807, 2.05) is 30.3 Å². The lowest BCUT2D eigenvalue weighted by Gasteiger charge is -2.18. The number of aliphatic hydroxyl groups excluding tert-OH is 1. The molecule has 32 heavy (non-hydrogen) atoms. The molecule has 0 radical (unpaired) electrons. The van der Waals surface area contributed by atoms with Crippen molar-refractivity contribution in [2.24, 2.45) is 5.73 Å². The van der Waals surface area contributed by atoms with Gasteiger partial charge in [0.1, 0.15) is 0 Å². The van der Waals surface area contributed by atoms with Gasteiger partial charge in [-0.05, 0) is 42.3 Å². The summed E-state index contributed by atoms with van der Waals surface area (Å²) in [4.78, 5) is 12.9. The third kappa shape index (κ3) is 5.65. The summed E-state index contributed by atoms with van der Waals surface area (Å²) in [7, 11) is 0. The molecule has 0 unspecified atom stereocenters. The van der Waals surface area contributed by atoms with E-state index in [-0.39, 0.29) is 29.1 Å². The number of allylic oxidation sites excluding steroid dienone is 1. The fourth-order valence-corrected chi connectivity index (χ4v) is 3.23. The van der Waals surface area contributed by atoms with Gasteiger partial charge in [-0.1, -0.05) is 48.5 Å². The molecule has 0 saturated carbocycles. The van der Waals surface area contributed by atoms with Gasteiger partial charge >= 0.3 is 0 Å². The number of hydrogen-bond acceptors (Lipinski definition) is 4. The molecule has 0 fully saturated rings. The second kappa shape index (κ2) is 10.5. The van der Waals surface area contributed by atoms with E-state index in [0.29, 0.717) is 12.0 Å². The average Bonchev–Trinajstić information content (AvgIpc) is 2.80. The Kier molecular flexibility index (Phi) is 7.46. The minimum absolute atomic E-state index is 0.0569. The SMILES string of the molecule is N=C(/C=C(\N)c1ccc(F)c(F)c1)c1ccccc1C(=O)N[C@@H](CO)Cc1ccccc1. The van der Waals surface area contributed by atoms with E-state index in [1.165, 1.54) is 12.1 Å². The number of aliphatic hydroxyl groups is 1. The number of rotatable bonds is 8. The van der Waals surface area contributed by atoms with Crippen molar-refractivity contribution >= 4 is 17.3 Å². The van der Waals surface area contributed by atoms with Gasteiger partial charge in [0.2, 0.25) is 0 Å². The fraction of sp³-hybridized carbons (Fsp3) is 0.120. The molecule has 0 aromatic heterocycles. The van der Waals surface area contributed by atoms with E-state index >= 15 is 0 Å². The zero-order chi connectivity index (χ0) is 23.1. The van der Waals surface area contributed by atoms with Crippen LogP contribution < -0.4 is 11.1 Å². The van der Waals surface area contributed by atoms with E-state index in [2.05, 4.69) is 5.32 Å². The standard InChI is InChI=1S/C25H23F2N3O2/c26-21-11-10-17(13-22(21)27)23(28)14-24(29)19-8-4-5-9-20(19)25(32)30-18(15-31)12-16-6-2-1-3-7-16/h1-11,13-14,18,29,31H,12,15,28H2,(H,30,32)/b23-14-,29-24?/t18-/m1/s1. The van der Waals surface area contributed by atoms with Crippen LogP contribution in [0.25, 0.3) is 5.70 Å². The normalized spacial score (nSPS) is 12.3. The van der Waals surface area contributed by atoms with Gasteiger partial charge in [0.15, 0.2) is 11.6 Å². The number of carbonyl (C=O) groups excluding carboxylic acids is 1. The third-order valence-corrected chi connectivity index (χ3v) is 4.90. The number of benzene rings is 3. The minimum atomic E-state index is -1.04. The quantitative estimate of drug-likeness (QED) is 0.406. The Balaban J connectivity index is 1.80. The first-order valence-corrected chi connectivity index (χ1v) is 9.95. The topological polar surface area (TPSA) is 99.2 Å². The highest BCUT2D eigenvalue weighted by Crippen LogP contribution is 2.17. The Labute approximate surface area is 184 Å². The summed E-state index contributed by atoms with van der Waals surface area (Å²) >= 11 is 0. The molecule has 164 valence electrons. The maximum Gasteiger partial charge on any atom is 0.252 e. The highest BCUT2D eigenvalue weighted by molar-refractivity contribution is 6.15. The van der Waals surface area contributed by atoms with Crippen LogP contribution in [-0.2, 0) is 6.42 Å². The van der Waals surface area contributed by atoms with Gasteiger partial charge in [-0.2, -0.15) is 0 Å². The molecule has 1 amide bonds. The summed E-state index contributed by atoms with van der Waals surface area (Å²) in [5.74, 6) is -2.48. The predicted molar refractivity (Wildman–Crippen MR) is 120 cm³/mol. The Hall–Kier alpha value is -3.84. The van der Waals surface area contributed by atoms with Crippen molar-refractivity contribution in [3.63, 3.8) is 0 Å². The second-order valence-electron chi connectivity index (χ2n) is 7.23. The Morgan fingerprint density at radius 3 is 2.31 bits per heavy atom. The fourth-order valence-electron chi connectivity index (χ4n) is 3.23. The van der Waals surface area contributed by atoms with E-state index in [9.17, 15) is 18.7 Å². The van der Waals surface area contributed by atoms with Gasteiger partial charge in [0, 0.05) is 22.4 Å². The molecule has 0 heterocycles. The maximum absolute atomic E-state index is 13.5. The van der Waals surface area contributed by atoms with Gasteiger partial charge in [-0.15, -0.1) is 0 Å². The molecule has 5 nitrogen and oxygen atoms in total. The van der Waals surface area contributed by atoms with Crippen molar-refractivity contribution in [1.29, 1.82) is 5.41 Å². The van der Waals surface area contributed by atoms with Crippen molar-refractivity contribution in [2.75, 3.05) is 6.61 Å². The molecule has 3 aromatic rings. The van der Waals surface area contributed by atoms with E-state index in [1.54, 1.807) is 24.3 Å².